The van der Waals surface area contributed by atoms with Crippen molar-refractivity contribution in [2.24, 2.45) is 0 Å². The van der Waals surface area contributed by atoms with Gasteiger partial charge in [0.05, 0.1) is 39.1 Å². The van der Waals surface area contributed by atoms with Crippen LogP contribution in [0.5, 0.6) is 11.5 Å². The number of nitrogens with zero attached hydrogens (tertiary/aromatic N) is 4. The van der Waals surface area contributed by atoms with E-state index in [-0.39, 0.29) is 6.03 Å². The molecular weight excluding hydrogens is 512 g/mol. The SMILES string of the molecule is COc1cc2nc(N3CCOCC3)nc(NC(=O)Nc3ccc4c(c3)C=CC4)c2cc1OCCN1CCOCC1. The quantitative estimate of drug-likeness (QED) is 0.439. The smallest absolute Gasteiger partial charge is 0.324 e. The van der Waals surface area contributed by atoms with Crippen LogP contribution in [0.25, 0.3) is 17.0 Å². The van der Waals surface area contributed by atoms with E-state index in [1.54, 1.807) is 7.11 Å². The molecular formula is C29H34N6O5. The Morgan fingerprint density at radius 2 is 1.77 bits per heavy atom. The van der Waals surface area contributed by atoms with Crippen molar-refractivity contribution in [2.75, 3.05) is 88.4 Å². The van der Waals surface area contributed by atoms with Crippen LogP contribution in [-0.2, 0) is 15.9 Å². The van der Waals surface area contributed by atoms with E-state index in [0.717, 1.165) is 44.8 Å². The topological polar surface area (TPSA) is 110 Å². The van der Waals surface area contributed by atoms with Crippen LogP contribution in [0.15, 0.2) is 36.4 Å². The second kappa shape index (κ2) is 12.1. The number of hydrogen-bond donors (Lipinski definition) is 2. The van der Waals surface area contributed by atoms with Crippen molar-refractivity contribution in [2.45, 2.75) is 6.42 Å². The number of methoxy groups -OCH3 is 1. The predicted molar refractivity (Wildman–Crippen MR) is 154 cm³/mol. The second-order valence-electron chi connectivity index (χ2n) is 9.89. The van der Waals surface area contributed by atoms with Crippen molar-refractivity contribution in [3.05, 3.63) is 47.5 Å². The van der Waals surface area contributed by atoms with Crippen molar-refractivity contribution in [3.8, 4) is 11.5 Å². The molecule has 3 heterocycles. The third-order valence-electron chi connectivity index (χ3n) is 7.30. The van der Waals surface area contributed by atoms with Gasteiger partial charge in [0.25, 0.3) is 0 Å². The highest BCUT2D eigenvalue weighted by molar-refractivity contribution is 6.05. The number of carbonyl (C=O) groups is 1. The molecule has 11 heteroatoms. The van der Waals surface area contributed by atoms with Crippen LogP contribution in [0.3, 0.4) is 0 Å². The zero-order valence-corrected chi connectivity index (χ0v) is 22.6. The van der Waals surface area contributed by atoms with Crippen LogP contribution < -0.4 is 25.0 Å². The Hall–Kier alpha value is -3.93. The number of rotatable bonds is 8. The molecule has 40 heavy (non-hydrogen) atoms. The number of amides is 2. The molecule has 3 aromatic rings. The third kappa shape index (κ3) is 5.96. The summed E-state index contributed by atoms with van der Waals surface area (Å²) in [7, 11) is 1.61. The summed E-state index contributed by atoms with van der Waals surface area (Å²) in [5.74, 6) is 2.06. The van der Waals surface area contributed by atoms with Crippen molar-refractivity contribution in [1.29, 1.82) is 0 Å². The average Bonchev–Trinajstić information content (AvgIpc) is 3.46. The molecule has 2 saturated heterocycles. The van der Waals surface area contributed by atoms with E-state index >= 15 is 0 Å². The predicted octanol–water partition coefficient (Wildman–Crippen LogP) is 3.40. The standard InChI is InChI=1S/C29H34N6O5/c1-37-25-19-24-23(18-26(25)40-16-9-34-7-12-38-13-8-34)27(32-28(31-24)35-10-14-39-15-11-35)33-29(36)30-22-6-5-20-3-2-4-21(20)17-22/h2,4-6,17-19H,3,7-16H2,1H3,(H2,30,31,32,33,36). The van der Waals surface area contributed by atoms with E-state index in [9.17, 15) is 4.79 Å². The number of ether oxygens (including phenoxy) is 4. The largest absolute Gasteiger partial charge is 0.493 e. The van der Waals surface area contributed by atoms with Gasteiger partial charge in [-0.3, -0.25) is 10.2 Å². The molecule has 6 rings (SSSR count). The summed E-state index contributed by atoms with van der Waals surface area (Å²) in [5, 5.41) is 6.56. The Balaban J connectivity index is 1.27. The van der Waals surface area contributed by atoms with Crippen LogP contribution >= 0.6 is 0 Å². The molecule has 0 spiro atoms. The number of carbonyl (C=O) groups excluding carboxylic acids is 1. The van der Waals surface area contributed by atoms with Crippen molar-refractivity contribution in [1.82, 2.24) is 14.9 Å². The highest BCUT2D eigenvalue weighted by atomic mass is 16.5. The number of urea groups is 1. The lowest BCUT2D eigenvalue weighted by molar-refractivity contribution is 0.0321. The maximum absolute atomic E-state index is 13.2. The van der Waals surface area contributed by atoms with Gasteiger partial charge in [-0.05, 0) is 35.7 Å². The van der Waals surface area contributed by atoms with Gasteiger partial charge in [-0.15, -0.1) is 0 Å². The molecule has 2 aromatic carbocycles. The van der Waals surface area contributed by atoms with E-state index in [1.807, 2.05) is 30.3 Å². The summed E-state index contributed by atoms with van der Waals surface area (Å²) in [6.45, 7) is 7.04. The lowest BCUT2D eigenvalue weighted by Gasteiger charge is -2.27. The summed E-state index contributed by atoms with van der Waals surface area (Å²) in [6.07, 6.45) is 5.10. The summed E-state index contributed by atoms with van der Waals surface area (Å²) >= 11 is 0. The van der Waals surface area contributed by atoms with Crippen LogP contribution in [0.4, 0.5) is 22.2 Å². The van der Waals surface area contributed by atoms with E-state index < -0.39 is 0 Å². The number of nitrogens with one attached hydrogen (secondary N) is 2. The zero-order valence-electron chi connectivity index (χ0n) is 22.6. The first-order valence-electron chi connectivity index (χ1n) is 13.7. The van der Waals surface area contributed by atoms with Gasteiger partial charge < -0.3 is 29.2 Å². The summed E-state index contributed by atoms with van der Waals surface area (Å²) in [6, 6.07) is 9.21. The van der Waals surface area contributed by atoms with E-state index in [0.29, 0.717) is 72.8 Å². The highest BCUT2D eigenvalue weighted by Gasteiger charge is 2.20. The minimum Gasteiger partial charge on any atom is -0.493 e. The molecule has 2 N–H and O–H groups in total. The van der Waals surface area contributed by atoms with Gasteiger partial charge in [-0.25, -0.2) is 9.78 Å². The average molecular weight is 547 g/mol. The lowest BCUT2D eigenvalue weighted by atomic mass is 10.1. The number of anilines is 3. The molecule has 0 saturated carbocycles. The Kier molecular flexibility index (Phi) is 7.94. The molecule has 2 fully saturated rings. The Labute approximate surface area is 233 Å². The van der Waals surface area contributed by atoms with Gasteiger partial charge in [0.15, 0.2) is 11.5 Å². The molecule has 210 valence electrons. The fourth-order valence-electron chi connectivity index (χ4n) is 5.10. The Bertz CT molecular complexity index is 1400. The van der Waals surface area contributed by atoms with Gasteiger partial charge in [-0.1, -0.05) is 18.2 Å². The highest BCUT2D eigenvalue weighted by Crippen LogP contribution is 2.35. The molecule has 0 unspecified atom stereocenters. The number of benzene rings is 2. The number of allylic oxidation sites excluding steroid dienone is 1. The molecule has 0 atom stereocenters. The molecule has 0 bridgehead atoms. The fourth-order valence-corrected chi connectivity index (χ4v) is 5.10. The van der Waals surface area contributed by atoms with Crippen LogP contribution in [0.2, 0.25) is 0 Å². The maximum Gasteiger partial charge on any atom is 0.324 e. The molecule has 11 nitrogen and oxygen atoms in total. The van der Waals surface area contributed by atoms with Crippen molar-refractivity contribution in [3.63, 3.8) is 0 Å². The van der Waals surface area contributed by atoms with Gasteiger partial charge in [0, 0.05) is 49.9 Å². The van der Waals surface area contributed by atoms with Crippen molar-refractivity contribution < 1.29 is 23.7 Å². The van der Waals surface area contributed by atoms with Gasteiger partial charge >= 0.3 is 6.03 Å². The lowest BCUT2D eigenvalue weighted by Crippen LogP contribution is -2.38. The maximum atomic E-state index is 13.2. The first-order chi connectivity index (χ1) is 19.7. The van der Waals surface area contributed by atoms with Gasteiger partial charge in [-0.2, -0.15) is 4.98 Å². The number of aromatic nitrogens is 2. The summed E-state index contributed by atoms with van der Waals surface area (Å²) < 4.78 is 22.8. The van der Waals surface area contributed by atoms with Crippen LogP contribution in [0.1, 0.15) is 11.1 Å². The molecule has 2 amide bonds. The second-order valence-corrected chi connectivity index (χ2v) is 9.89. The normalized spacial score (nSPS) is 17.1. The monoisotopic (exact) mass is 546 g/mol. The third-order valence-corrected chi connectivity index (χ3v) is 7.30. The molecule has 2 aliphatic heterocycles. The molecule has 1 aromatic heterocycles. The molecule has 1 aliphatic carbocycles. The minimum absolute atomic E-state index is 0.388. The zero-order chi connectivity index (χ0) is 27.3. The van der Waals surface area contributed by atoms with Gasteiger partial charge in [0.2, 0.25) is 5.95 Å². The van der Waals surface area contributed by atoms with Crippen LogP contribution in [-0.4, -0.2) is 93.8 Å². The first kappa shape index (κ1) is 26.3. The molecule has 0 radical (unpaired) electrons. The van der Waals surface area contributed by atoms with Gasteiger partial charge in [0.1, 0.15) is 12.4 Å². The van der Waals surface area contributed by atoms with Crippen molar-refractivity contribution >= 4 is 40.5 Å². The number of fused-ring (bicyclic) bond motifs is 2. The number of morpholine rings is 2. The van der Waals surface area contributed by atoms with Crippen LogP contribution in [0, 0.1) is 0 Å². The van der Waals surface area contributed by atoms with E-state index in [2.05, 4.69) is 32.6 Å². The fraction of sp³-hybridized carbons (Fsp3) is 0.414. The Morgan fingerprint density at radius 3 is 2.58 bits per heavy atom. The summed E-state index contributed by atoms with van der Waals surface area (Å²) in [5.41, 5.74) is 3.72. The van der Waals surface area contributed by atoms with E-state index in [4.69, 9.17) is 28.9 Å². The number of hydrogen-bond acceptors (Lipinski definition) is 9. The first-order valence-corrected chi connectivity index (χ1v) is 13.7. The molecule has 3 aliphatic rings. The minimum atomic E-state index is -0.388. The summed E-state index contributed by atoms with van der Waals surface area (Å²) in [4.78, 5) is 27.1. The Morgan fingerprint density at radius 1 is 0.975 bits per heavy atom. The van der Waals surface area contributed by atoms with E-state index in [1.165, 1.54) is 5.56 Å².